The molecule has 2 aliphatic rings. The van der Waals surface area contributed by atoms with Crippen LogP contribution in [-0.2, 0) is 19.3 Å². The summed E-state index contributed by atoms with van der Waals surface area (Å²) in [6, 6.07) is 0. The molecule has 0 radical (unpaired) electrons. The molecule has 0 aromatic rings. The second-order valence-electron chi connectivity index (χ2n) is 8.12. The standard InChI is InChI=1S/C24H38O5/c1-2-3-4-5-6-7-8-9-10-11-12-13-14-20-15-17-22(27-20)23-18-16-21(28-29-23)19-24(25)26/h2,5-8,20-23H,1,3-4,9-19H2,(H,25,26)/b6-5+,8-7-/t20?,21-,22?,23-/m0/s1. The summed E-state index contributed by atoms with van der Waals surface area (Å²) in [6.45, 7) is 3.72. The summed E-state index contributed by atoms with van der Waals surface area (Å²) >= 11 is 0. The monoisotopic (exact) mass is 406 g/mol. The van der Waals surface area contributed by atoms with Crippen molar-refractivity contribution in [2.24, 2.45) is 0 Å². The van der Waals surface area contributed by atoms with Crippen molar-refractivity contribution in [3.8, 4) is 0 Å². The number of carboxylic acids is 1. The van der Waals surface area contributed by atoms with E-state index in [1.54, 1.807) is 0 Å². The van der Waals surface area contributed by atoms with Gasteiger partial charge in [0.1, 0.15) is 12.2 Å². The van der Waals surface area contributed by atoms with Gasteiger partial charge in [-0.25, -0.2) is 9.78 Å². The molecule has 29 heavy (non-hydrogen) atoms. The fraction of sp³-hybridized carbons (Fsp3) is 0.708. The zero-order chi connectivity index (χ0) is 20.7. The molecule has 5 heteroatoms. The molecular weight excluding hydrogens is 368 g/mol. The quantitative estimate of drug-likeness (QED) is 0.168. The summed E-state index contributed by atoms with van der Waals surface area (Å²) in [7, 11) is 0. The third kappa shape index (κ3) is 10.2. The van der Waals surface area contributed by atoms with E-state index in [1.165, 1.54) is 25.7 Å². The highest BCUT2D eigenvalue weighted by Crippen LogP contribution is 2.31. The van der Waals surface area contributed by atoms with Crippen LogP contribution in [0.3, 0.4) is 0 Å². The topological polar surface area (TPSA) is 65.0 Å². The summed E-state index contributed by atoms with van der Waals surface area (Å²) in [4.78, 5) is 21.4. The molecular formula is C24H38O5. The minimum Gasteiger partial charge on any atom is -0.481 e. The molecule has 0 spiro atoms. The molecule has 1 N–H and O–H groups in total. The van der Waals surface area contributed by atoms with Crippen LogP contribution in [0.5, 0.6) is 0 Å². The lowest BCUT2D eigenvalue weighted by Gasteiger charge is -2.30. The van der Waals surface area contributed by atoms with Gasteiger partial charge in [0.25, 0.3) is 0 Å². The van der Waals surface area contributed by atoms with E-state index >= 15 is 0 Å². The Balaban J connectivity index is 1.46. The van der Waals surface area contributed by atoms with Crippen LogP contribution in [0.4, 0.5) is 0 Å². The van der Waals surface area contributed by atoms with Crippen LogP contribution in [-0.4, -0.2) is 35.5 Å². The highest BCUT2D eigenvalue weighted by atomic mass is 17.2. The predicted molar refractivity (Wildman–Crippen MR) is 115 cm³/mol. The van der Waals surface area contributed by atoms with E-state index in [0.29, 0.717) is 6.10 Å². The zero-order valence-corrected chi connectivity index (χ0v) is 17.7. The summed E-state index contributed by atoms with van der Waals surface area (Å²) in [5, 5.41) is 8.82. The number of ether oxygens (including phenoxy) is 1. The van der Waals surface area contributed by atoms with E-state index in [1.807, 2.05) is 6.08 Å². The van der Waals surface area contributed by atoms with E-state index in [0.717, 1.165) is 51.4 Å². The molecule has 2 heterocycles. The number of carbonyl (C=O) groups is 1. The van der Waals surface area contributed by atoms with Crippen LogP contribution in [0.15, 0.2) is 37.0 Å². The maximum Gasteiger partial charge on any atom is 0.306 e. The summed E-state index contributed by atoms with van der Waals surface area (Å²) in [5.41, 5.74) is 0. The van der Waals surface area contributed by atoms with Gasteiger partial charge in [-0.3, -0.25) is 4.79 Å². The van der Waals surface area contributed by atoms with Crippen LogP contribution in [0.2, 0.25) is 0 Å². The Hall–Kier alpha value is -1.43. The molecule has 0 bridgehead atoms. The second kappa shape index (κ2) is 14.5. The molecule has 0 amide bonds. The number of hydrogen-bond acceptors (Lipinski definition) is 4. The van der Waals surface area contributed by atoms with Crippen molar-refractivity contribution in [2.45, 2.75) is 108 Å². The number of unbranched alkanes of at least 4 members (excludes halogenated alkanes) is 5. The third-order valence-corrected chi connectivity index (χ3v) is 5.61. The highest BCUT2D eigenvalue weighted by Gasteiger charge is 2.36. The van der Waals surface area contributed by atoms with Crippen molar-refractivity contribution in [3.05, 3.63) is 37.0 Å². The Bertz CT molecular complexity index is 519. The fourth-order valence-corrected chi connectivity index (χ4v) is 3.95. The van der Waals surface area contributed by atoms with E-state index in [-0.39, 0.29) is 24.7 Å². The normalized spacial score (nSPS) is 27.7. The van der Waals surface area contributed by atoms with Crippen LogP contribution in [0, 0.1) is 0 Å². The lowest BCUT2D eigenvalue weighted by Crippen LogP contribution is -2.37. The smallest absolute Gasteiger partial charge is 0.306 e. The fourth-order valence-electron chi connectivity index (χ4n) is 3.95. The zero-order valence-electron chi connectivity index (χ0n) is 17.7. The summed E-state index contributed by atoms with van der Waals surface area (Å²) in [5.74, 6) is -0.846. The summed E-state index contributed by atoms with van der Waals surface area (Å²) < 4.78 is 6.17. The lowest BCUT2D eigenvalue weighted by atomic mass is 10.0. The van der Waals surface area contributed by atoms with Gasteiger partial charge in [-0.15, -0.1) is 6.58 Å². The van der Waals surface area contributed by atoms with Crippen LogP contribution in [0.1, 0.15) is 83.5 Å². The Morgan fingerprint density at radius 3 is 2.31 bits per heavy atom. The first-order valence-electron chi connectivity index (χ1n) is 11.3. The molecule has 2 rings (SSSR count). The first-order chi connectivity index (χ1) is 14.2. The minimum atomic E-state index is -0.846. The van der Waals surface area contributed by atoms with Gasteiger partial charge in [0.05, 0.1) is 18.6 Å². The van der Waals surface area contributed by atoms with E-state index in [4.69, 9.17) is 19.6 Å². The van der Waals surface area contributed by atoms with Gasteiger partial charge >= 0.3 is 5.97 Å². The molecule has 5 nitrogen and oxygen atoms in total. The minimum absolute atomic E-state index is 0.00307. The average molecular weight is 407 g/mol. The van der Waals surface area contributed by atoms with Gasteiger partial charge < -0.3 is 9.84 Å². The van der Waals surface area contributed by atoms with E-state index < -0.39 is 5.97 Å². The molecule has 0 saturated carbocycles. The van der Waals surface area contributed by atoms with Gasteiger partial charge in [0.2, 0.25) is 0 Å². The first kappa shape index (κ1) is 23.8. The molecule has 2 fully saturated rings. The number of hydrogen-bond donors (Lipinski definition) is 1. The van der Waals surface area contributed by atoms with Crippen molar-refractivity contribution in [1.82, 2.24) is 0 Å². The van der Waals surface area contributed by atoms with Gasteiger partial charge in [-0.05, 0) is 57.8 Å². The predicted octanol–water partition coefficient (Wildman–Crippen LogP) is 5.91. The molecule has 0 aromatic heterocycles. The molecule has 0 aliphatic carbocycles. The number of carboxylic acid groups (broad SMARTS) is 1. The summed E-state index contributed by atoms with van der Waals surface area (Å²) in [6.07, 6.45) is 23.7. The average Bonchev–Trinajstić information content (AvgIpc) is 3.18. The molecule has 2 aliphatic heterocycles. The Kier molecular flexibility index (Phi) is 12.0. The number of aliphatic carboxylic acids is 1. The third-order valence-electron chi connectivity index (χ3n) is 5.61. The maximum atomic E-state index is 10.7. The highest BCUT2D eigenvalue weighted by molar-refractivity contribution is 5.67. The van der Waals surface area contributed by atoms with E-state index in [9.17, 15) is 4.79 Å². The second-order valence-corrected chi connectivity index (χ2v) is 8.12. The number of rotatable bonds is 14. The van der Waals surface area contributed by atoms with Crippen molar-refractivity contribution in [2.75, 3.05) is 0 Å². The molecule has 2 unspecified atom stereocenters. The van der Waals surface area contributed by atoms with Gasteiger partial charge in [0.15, 0.2) is 0 Å². The van der Waals surface area contributed by atoms with E-state index in [2.05, 4.69) is 30.9 Å². The maximum absolute atomic E-state index is 10.7. The number of allylic oxidation sites excluding steroid dienone is 5. The van der Waals surface area contributed by atoms with Crippen molar-refractivity contribution in [3.63, 3.8) is 0 Å². The molecule has 4 atom stereocenters. The first-order valence-corrected chi connectivity index (χ1v) is 11.3. The SMILES string of the molecule is C=CCC/C=C/C=C\CCCCCCC1CCC([C@@H]2CC[C@@H](CC(=O)O)OO2)O1. The van der Waals surface area contributed by atoms with Crippen LogP contribution in [0.25, 0.3) is 0 Å². The van der Waals surface area contributed by atoms with Crippen molar-refractivity contribution < 1.29 is 24.4 Å². The molecule has 0 aromatic carbocycles. The van der Waals surface area contributed by atoms with Crippen LogP contribution >= 0.6 is 0 Å². The van der Waals surface area contributed by atoms with Crippen LogP contribution < -0.4 is 0 Å². The Morgan fingerprint density at radius 2 is 1.59 bits per heavy atom. The lowest BCUT2D eigenvalue weighted by molar-refractivity contribution is -0.385. The Labute approximate surface area is 175 Å². The van der Waals surface area contributed by atoms with Gasteiger partial charge in [-0.2, -0.15) is 0 Å². The van der Waals surface area contributed by atoms with Crippen molar-refractivity contribution >= 4 is 5.97 Å². The van der Waals surface area contributed by atoms with Crippen molar-refractivity contribution in [1.29, 1.82) is 0 Å². The molecule has 164 valence electrons. The van der Waals surface area contributed by atoms with Gasteiger partial charge in [0, 0.05) is 0 Å². The largest absolute Gasteiger partial charge is 0.481 e. The molecule has 2 saturated heterocycles. The Morgan fingerprint density at radius 1 is 0.862 bits per heavy atom. The van der Waals surface area contributed by atoms with Gasteiger partial charge in [-0.1, -0.05) is 49.6 Å².